The van der Waals surface area contributed by atoms with Gasteiger partial charge in [-0.15, -0.1) is 0 Å². The number of hydrogen-bond acceptors (Lipinski definition) is 3. The van der Waals surface area contributed by atoms with Gasteiger partial charge in [0.2, 0.25) is 0 Å². The largest absolute Gasteiger partial charge is 0.508 e. The van der Waals surface area contributed by atoms with E-state index in [0.717, 1.165) is 16.6 Å². The molecule has 1 fully saturated rings. The Morgan fingerprint density at radius 2 is 1.29 bits per heavy atom. The number of phenolic OH excluding ortho intramolecular Hbond substituents is 1. The molecule has 1 saturated heterocycles. The van der Waals surface area contributed by atoms with Crippen molar-refractivity contribution in [1.82, 2.24) is 0 Å². The molecule has 2 rings (SSSR count). The predicted octanol–water partition coefficient (Wildman–Crippen LogP) is 4.29. The molecule has 0 spiro atoms. The monoisotopic (exact) mass is 332 g/mol. The number of phenols is 1. The topological polar surface area (TPSA) is 38.7 Å². The summed E-state index contributed by atoms with van der Waals surface area (Å²) >= 11 is 0. The smallest absolute Gasteiger partial charge is 0.498 e. The number of aromatic hydroxyl groups is 1. The maximum Gasteiger partial charge on any atom is 0.498 e. The molecular weight excluding hydrogens is 299 g/mol. The Balaban J connectivity index is 2.63. The third-order valence-electron chi connectivity index (χ3n) is 5.32. The Hall–Kier alpha value is -0.995. The maximum atomic E-state index is 10.8. The molecule has 1 N–H and O–H groups in total. The van der Waals surface area contributed by atoms with Gasteiger partial charge in [-0.1, -0.05) is 47.6 Å². The number of benzene rings is 1. The molecule has 1 aromatic carbocycles. The fourth-order valence-electron chi connectivity index (χ4n) is 2.90. The summed E-state index contributed by atoms with van der Waals surface area (Å²) in [6.45, 7) is 21.1. The van der Waals surface area contributed by atoms with Gasteiger partial charge in [-0.05, 0) is 55.7 Å². The zero-order valence-electron chi connectivity index (χ0n) is 17.0. The molecule has 0 atom stereocenters. The van der Waals surface area contributed by atoms with Crippen molar-refractivity contribution in [3.05, 3.63) is 23.3 Å². The summed E-state index contributed by atoms with van der Waals surface area (Å²) < 4.78 is 12.4. The summed E-state index contributed by atoms with van der Waals surface area (Å²) in [5.74, 6) is 0.255. The lowest BCUT2D eigenvalue weighted by molar-refractivity contribution is 0.00578. The van der Waals surface area contributed by atoms with Gasteiger partial charge >= 0.3 is 7.12 Å². The van der Waals surface area contributed by atoms with Crippen LogP contribution in [0.1, 0.15) is 80.4 Å². The average Bonchev–Trinajstić information content (AvgIpc) is 2.54. The van der Waals surface area contributed by atoms with Crippen molar-refractivity contribution in [2.75, 3.05) is 0 Å². The van der Waals surface area contributed by atoms with Crippen molar-refractivity contribution < 1.29 is 14.4 Å². The third kappa shape index (κ3) is 3.36. The van der Waals surface area contributed by atoms with Crippen LogP contribution in [0.3, 0.4) is 0 Å². The van der Waals surface area contributed by atoms with Crippen LogP contribution >= 0.6 is 0 Å². The molecule has 0 bridgehead atoms. The maximum absolute atomic E-state index is 10.8. The van der Waals surface area contributed by atoms with Gasteiger partial charge in [-0.3, -0.25) is 0 Å². The van der Waals surface area contributed by atoms with Gasteiger partial charge in [0.05, 0.1) is 11.2 Å². The van der Waals surface area contributed by atoms with E-state index in [9.17, 15) is 5.11 Å². The van der Waals surface area contributed by atoms with Crippen LogP contribution in [0.2, 0.25) is 0 Å². The van der Waals surface area contributed by atoms with E-state index in [-0.39, 0.29) is 16.6 Å². The first-order chi connectivity index (χ1) is 10.6. The minimum atomic E-state index is -0.557. The molecular formula is C20H33BO3. The Labute approximate surface area is 147 Å². The molecule has 0 saturated carbocycles. The molecule has 1 aromatic rings. The van der Waals surface area contributed by atoms with Gasteiger partial charge in [0.15, 0.2) is 0 Å². The first-order valence-corrected chi connectivity index (χ1v) is 8.80. The highest BCUT2D eigenvalue weighted by Crippen LogP contribution is 2.39. The molecule has 0 aromatic heterocycles. The quantitative estimate of drug-likeness (QED) is 0.780. The van der Waals surface area contributed by atoms with Crippen molar-refractivity contribution >= 4 is 12.6 Å². The molecule has 1 aliphatic heterocycles. The minimum Gasteiger partial charge on any atom is -0.508 e. The molecule has 1 aliphatic rings. The van der Waals surface area contributed by atoms with Gasteiger partial charge in [0, 0.05) is 5.46 Å². The van der Waals surface area contributed by atoms with E-state index in [1.807, 2.05) is 33.8 Å². The summed E-state index contributed by atoms with van der Waals surface area (Å²) in [6.07, 6.45) is 0. The Morgan fingerprint density at radius 1 is 0.833 bits per heavy atom. The minimum absolute atomic E-state index is 0.0358. The molecule has 0 unspecified atom stereocenters. The first kappa shape index (κ1) is 19.3. The molecule has 3 nitrogen and oxygen atoms in total. The van der Waals surface area contributed by atoms with Crippen LogP contribution in [0.5, 0.6) is 5.75 Å². The van der Waals surface area contributed by atoms with Crippen molar-refractivity contribution in [3.8, 4) is 5.75 Å². The number of rotatable bonds is 1. The molecule has 0 radical (unpaired) electrons. The highest BCUT2D eigenvalue weighted by Gasteiger charge is 2.53. The molecule has 4 heteroatoms. The van der Waals surface area contributed by atoms with Crippen LogP contribution in [0, 0.1) is 0 Å². The van der Waals surface area contributed by atoms with Crippen LogP contribution in [0.25, 0.3) is 0 Å². The van der Waals surface area contributed by atoms with Crippen LogP contribution in [0.4, 0.5) is 0 Å². The van der Waals surface area contributed by atoms with E-state index in [4.69, 9.17) is 9.31 Å². The summed E-state index contributed by atoms with van der Waals surface area (Å²) in [5, 5.41) is 10.8. The zero-order valence-corrected chi connectivity index (χ0v) is 17.0. The van der Waals surface area contributed by atoms with E-state index >= 15 is 0 Å². The highest BCUT2D eigenvalue weighted by atomic mass is 16.7. The first-order valence-electron chi connectivity index (χ1n) is 8.80. The highest BCUT2D eigenvalue weighted by molar-refractivity contribution is 6.63. The van der Waals surface area contributed by atoms with Crippen LogP contribution in [0.15, 0.2) is 12.1 Å². The van der Waals surface area contributed by atoms with E-state index in [1.165, 1.54) is 0 Å². The van der Waals surface area contributed by atoms with Crippen molar-refractivity contribution in [1.29, 1.82) is 0 Å². The fourth-order valence-corrected chi connectivity index (χ4v) is 2.90. The van der Waals surface area contributed by atoms with Crippen LogP contribution < -0.4 is 5.46 Å². The summed E-state index contributed by atoms with van der Waals surface area (Å²) in [7, 11) is -0.557. The van der Waals surface area contributed by atoms with E-state index in [0.29, 0.717) is 0 Å². The van der Waals surface area contributed by atoms with Crippen LogP contribution in [-0.2, 0) is 20.1 Å². The van der Waals surface area contributed by atoms with E-state index < -0.39 is 18.3 Å². The third-order valence-corrected chi connectivity index (χ3v) is 5.32. The summed E-state index contributed by atoms with van der Waals surface area (Å²) in [5.41, 5.74) is 1.93. The Morgan fingerprint density at radius 3 is 1.67 bits per heavy atom. The predicted molar refractivity (Wildman–Crippen MR) is 101 cm³/mol. The molecule has 0 aliphatic carbocycles. The molecule has 0 amide bonds. The fraction of sp³-hybridized carbons (Fsp3) is 0.700. The standard InChI is InChI=1S/C20H33BO3/c1-17(2,3)13-11-14(18(4,5)6)16(15(22)12-13)21-23-19(7,8)20(9,10)24-21/h11-12,22H,1-10H3. The van der Waals surface area contributed by atoms with Gasteiger partial charge < -0.3 is 14.4 Å². The number of hydrogen-bond donors (Lipinski definition) is 1. The second-order valence-electron chi connectivity index (χ2n) is 10.0. The normalized spacial score (nSPS) is 20.5. The van der Waals surface area contributed by atoms with E-state index in [2.05, 4.69) is 47.6 Å². The van der Waals surface area contributed by atoms with Crippen LogP contribution in [-0.4, -0.2) is 23.4 Å². The van der Waals surface area contributed by atoms with E-state index in [1.54, 1.807) is 0 Å². The van der Waals surface area contributed by atoms with Gasteiger partial charge in [-0.25, -0.2) is 0 Å². The molecule has 134 valence electrons. The zero-order chi connectivity index (χ0) is 18.7. The Kier molecular flexibility index (Phi) is 4.43. The average molecular weight is 332 g/mol. The van der Waals surface area contributed by atoms with Crippen molar-refractivity contribution in [3.63, 3.8) is 0 Å². The lowest BCUT2D eigenvalue weighted by Crippen LogP contribution is -2.41. The Bertz CT molecular complexity index is 618. The van der Waals surface area contributed by atoms with Gasteiger partial charge in [-0.2, -0.15) is 0 Å². The molecule has 24 heavy (non-hydrogen) atoms. The summed E-state index contributed by atoms with van der Waals surface area (Å²) in [4.78, 5) is 0. The van der Waals surface area contributed by atoms with Crippen molar-refractivity contribution in [2.24, 2.45) is 0 Å². The van der Waals surface area contributed by atoms with Gasteiger partial charge in [0.25, 0.3) is 0 Å². The van der Waals surface area contributed by atoms with Crippen molar-refractivity contribution in [2.45, 2.75) is 91.3 Å². The van der Waals surface area contributed by atoms with Gasteiger partial charge in [0.1, 0.15) is 5.75 Å². The second kappa shape index (κ2) is 5.50. The lowest BCUT2D eigenvalue weighted by Gasteiger charge is -2.32. The SMILES string of the molecule is CC(C)(C)c1cc(O)c(B2OC(C)(C)C(C)(C)O2)c(C(C)(C)C)c1. The lowest BCUT2D eigenvalue weighted by atomic mass is 9.67. The second-order valence-corrected chi connectivity index (χ2v) is 10.0. The summed E-state index contributed by atoms with van der Waals surface area (Å²) in [6, 6.07) is 4.05. The molecule has 1 heterocycles.